The Kier molecular flexibility index (Phi) is 6.91. The Labute approximate surface area is 125 Å². The molecule has 0 aliphatic rings. The molecule has 0 radical (unpaired) electrons. The summed E-state index contributed by atoms with van der Waals surface area (Å²) in [6.07, 6.45) is 1.60. The molecule has 0 aromatic heterocycles. The van der Waals surface area contributed by atoms with Gasteiger partial charge in [-0.05, 0) is 18.2 Å². The second-order valence-corrected chi connectivity index (χ2v) is 5.04. The van der Waals surface area contributed by atoms with Crippen LogP contribution in [0.3, 0.4) is 0 Å². The van der Waals surface area contributed by atoms with E-state index < -0.39 is 0 Å². The van der Waals surface area contributed by atoms with Crippen LogP contribution in [0.4, 0.5) is 0 Å². The number of aliphatic hydroxyl groups is 1. The Morgan fingerprint density at radius 2 is 2.32 bits per heavy atom. The number of aliphatic hydroxyl groups excluding tert-OH is 1. The predicted octanol–water partition coefficient (Wildman–Crippen LogP) is 2.49. The van der Waals surface area contributed by atoms with Crippen molar-refractivity contribution in [1.29, 1.82) is 0 Å². The second kappa shape index (κ2) is 8.19. The predicted molar refractivity (Wildman–Crippen MR) is 78.5 cm³/mol. The first-order chi connectivity index (χ1) is 9.08. The van der Waals surface area contributed by atoms with Crippen LogP contribution >= 0.6 is 27.5 Å². The molecule has 1 aromatic rings. The van der Waals surface area contributed by atoms with Crippen molar-refractivity contribution in [3.8, 4) is 5.75 Å². The van der Waals surface area contributed by atoms with Gasteiger partial charge in [-0.2, -0.15) is 0 Å². The molecule has 19 heavy (non-hydrogen) atoms. The largest absolute Gasteiger partial charge is 0.482 e. The molecular formula is C13H15BrClNO3. The third-order valence-electron chi connectivity index (χ3n) is 2.32. The van der Waals surface area contributed by atoms with Crippen LogP contribution in [0.15, 0.2) is 35.3 Å². The monoisotopic (exact) mass is 347 g/mol. The fourth-order valence-corrected chi connectivity index (χ4v) is 2.15. The highest BCUT2D eigenvalue weighted by atomic mass is 79.9. The number of ether oxygens (including phenoxy) is 1. The van der Waals surface area contributed by atoms with Crippen molar-refractivity contribution < 1.29 is 14.6 Å². The van der Waals surface area contributed by atoms with Crippen LogP contribution in [-0.4, -0.2) is 42.2 Å². The van der Waals surface area contributed by atoms with Gasteiger partial charge in [0.15, 0.2) is 6.61 Å². The summed E-state index contributed by atoms with van der Waals surface area (Å²) in [5.74, 6) is 0.216. The summed E-state index contributed by atoms with van der Waals surface area (Å²) in [5, 5.41) is 9.31. The van der Waals surface area contributed by atoms with Gasteiger partial charge in [0, 0.05) is 17.6 Å². The molecule has 0 bridgehead atoms. The third-order valence-corrected chi connectivity index (χ3v) is 3.11. The first-order valence-corrected chi connectivity index (χ1v) is 6.83. The van der Waals surface area contributed by atoms with E-state index in [0.717, 1.165) is 4.47 Å². The van der Waals surface area contributed by atoms with Crippen LogP contribution in [0.25, 0.3) is 0 Å². The van der Waals surface area contributed by atoms with Crippen LogP contribution < -0.4 is 4.74 Å². The van der Waals surface area contributed by atoms with Crippen LogP contribution in [0.2, 0.25) is 5.02 Å². The van der Waals surface area contributed by atoms with E-state index in [1.54, 1.807) is 24.3 Å². The maximum atomic E-state index is 11.9. The third kappa shape index (κ3) is 5.22. The average Bonchev–Trinajstić information content (AvgIpc) is 2.37. The molecule has 0 unspecified atom stereocenters. The maximum absolute atomic E-state index is 11.9. The zero-order chi connectivity index (χ0) is 14.3. The number of halogens is 2. The van der Waals surface area contributed by atoms with Crippen molar-refractivity contribution in [1.82, 2.24) is 4.90 Å². The fraction of sp³-hybridized carbons (Fsp3) is 0.308. The number of hydrogen-bond donors (Lipinski definition) is 1. The molecule has 1 rings (SSSR count). The lowest BCUT2D eigenvalue weighted by atomic mass is 10.3. The zero-order valence-electron chi connectivity index (χ0n) is 10.3. The minimum absolute atomic E-state index is 0.0986. The van der Waals surface area contributed by atoms with E-state index in [4.69, 9.17) is 21.4 Å². The lowest BCUT2D eigenvalue weighted by molar-refractivity contribution is -0.133. The van der Waals surface area contributed by atoms with Gasteiger partial charge in [0.05, 0.1) is 11.6 Å². The van der Waals surface area contributed by atoms with Crippen LogP contribution in [0.5, 0.6) is 5.75 Å². The highest BCUT2D eigenvalue weighted by Crippen LogP contribution is 2.27. The Morgan fingerprint density at radius 3 is 2.89 bits per heavy atom. The molecule has 1 N–H and O–H groups in total. The highest BCUT2D eigenvalue weighted by Gasteiger charge is 2.13. The fourth-order valence-electron chi connectivity index (χ4n) is 1.42. The number of benzene rings is 1. The minimum atomic E-state index is -0.229. The van der Waals surface area contributed by atoms with Crippen LogP contribution in [0.1, 0.15) is 0 Å². The van der Waals surface area contributed by atoms with Crippen molar-refractivity contribution in [2.24, 2.45) is 0 Å². The summed E-state index contributed by atoms with van der Waals surface area (Å²) >= 11 is 9.27. The number of amides is 1. The highest BCUT2D eigenvalue weighted by molar-refractivity contribution is 9.10. The minimum Gasteiger partial charge on any atom is -0.482 e. The van der Waals surface area contributed by atoms with E-state index in [1.807, 2.05) is 0 Å². The van der Waals surface area contributed by atoms with Gasteiger partial charge in [-0.25, -0.2) is 0 Å². The molecule has 6 heteroatoms. The lowest BCUT2D eigenvalue weighted by Crippen LogP contribution is -2.37. The van der Waals surface area contributed by atoms with E-state index in [0.29, 0.717) is 17.3 Å². The zero-order valence-corrected chi connectivity index (χ0v) is 12.7. The number of hydrogen-bond acceptors (Lipinski definition) is 3. The lowest BCUT2D eigenvalue weighted by Gasteiger charge is -2.20. The number of nitrogens with zero attached hydrogens (tertiary/aromatic N) is 1. The topological polar surface area (TPSA) is 49.8 Å². The Bertz CT molecular complexity index is 454. The van der Waals surface area contributed by atoms with Gasteiger partial charge >= 0.3 is 0 Å². The molecule has 104 valence electrons. The molecule has 0 saturated carbocycles. The molecule has 1 amide bonds. The van der Waals surface area contributed by atoms with Gasteiger partial charge in [0.25, 0.3) is 5.91 Å². The van der Waals surface area contributed by atoms with Gasteiger partial charge in [-0.3, -0.25) is 4.79 Å². The van der Waals surface area contributed by atoms with Gasteiger partial charge in [0.2, 0.25) is 0 Å². The summed E-state index contributed by atoms with van der Waals surface area (Å²) < 4.78 is 6.21. The van der Waals surface area contributed by atoms with Crippen molar-refractivity contribution in [3.63, 3.8) is 0 Å². The smallest absolute Gasteiger partial charge is 0.260 e. The summed E-state index contributed by atoms with van der Waals surface area (Å²) in [7, 11) is 0. The molecule has 0 atom stereocenters. The van der Waals surface area contributed by atoms with Crippen molar-refractivity contribution in [2.45, 2.75) is 0 Å². The molecule has 0 fully saturated rings. The molecule has 0 saturated heterocycles. The van der Waals surface area contributed by atoms with Crippen LogP contribution in [0, 0.1) is 0 Å². The second-order valence-electron chi connectivity index (χ2n) is 3.72. The van der Waals surface area contributed by atoms with E-state index in [9.17, 15) is 4.79 Å². The molecule has 0 aliphatic carbocycles. The molecule has 0 spiro atoms. The molecule has 1 aromatic carbocycles. The molecule has 0 heterocycles. The van der Waals surface area contributed by atoms with Gasteiger partial charge in [-0.1, -0.05) is 33.6 Å². The number of rotatable bonds is 7. The summed E-state index contributed by atoms with van der Waals surface area (Å²) in [4.78, 5) is 13.3. The Hall–Kier alpha value is -1.04. The normalized spacial score (nSPS) is 10.1. The van der Waals surface area contributed by atoms with E-state index in [1.165, 1.54) is 4.90 Å². The molecular weight excluding hydrogens is 334 g/mol. The van der Waals surface area contributed by atoms with E-state index in [2.05, 4.69) is 22.5 Å². The number of carbonyl (C=O) groups excluding carboxylic acids is 1. The first kappa shape index (κ1) is 16.0. The summed E-state index contributed by atoms with van der Waals surface area (Å²) in [5.41, 5.74) is 0. The van der Waals surface area contributed by atoms with Gasteiger partial charge < -0.3 is 14.7 Å². The van der Waals surface area contributed by atoms with Gasteiger partial charge in [0.1, 0.15) is 5.75 Å². The van der Waals surface area contributed by atoms with E-state index in [-0.39, 0.29) is 25.7 Å². The number of carbonyl (C=O) groups is 1. The standard InChI is InChI=1S/C13H15BrClNO3/c1-2-5-16(6-7-17)13(18)9-19-12-4-3-10(14)8-11(12)15/h2-4,8,17H,1,5-7,9H2. The first-order valence-electron chi connectivity index (χ1n) is 5.66. The average molecular weight is 349 g/mol. The quantitative estimate of drug-likeness (QED) is 0.770. The van der Waals surface area contributed by atoms with E-state index >= 15 is 0 Å². The SMILES string of the molecule is C=CCN(CCO)C(=O)COc1ccc(Br)cc1Cl. The molecule has 0 aliphatic heterocycles. The Balaban J connectivity index is 2.59. The summed E-state index contributed by atoms with van der Waals surface area (Å²) in [6.45, 7) is 3.96. The van der Waals surface area contributed by atoms with Crippen molar-refractivity contribution in [2.75, 3.05) is 26.3 Å². The van der Waals surface area contributed by atoms with Crippen molar-refractivity contribution in [3.05, 3.63) is 40.3 Å². The van der Waals surface area contributed by atoms with Crippen molar-refractivity contribution >= 4 is 33.4 Å². The summed E-state index contributed by atoms with van der Waals surface area (Å²) in [6, 6.07) is 5.15. The van der Waals surface area contributed by atoms with Gasteiger partial charge in [-0.15, -0.1) is 6.58 Å². The Morgan fingerprint density at radius 1 is 1.58 bits per heavy atom. The van der Waals surface area contributed by atoms with Crippen LogP contribution in [-0.2, 0) is 4.79 Å². The molecule has 4 nitrogen and oxygen atoms in total. The maximum Gasteiger partial charge on any atom is 0.260 e.